The molecule has 0 spiro atoms. The second-order valence-electron chi connectivity index (χ2n) is 6.28. The predicted molar refractivity (Wildman–Crippen MR) is 95.8 cm³/mol. The first-order valence-electron chi connectivity index (χ1n) is 8.46. The Kier molecular flexibility index (Phi) is 3.21. The largest absolute Gasteiger partial charge is 0.454 e. The van der Waals surface area contributed by atoms with E-state index in [4.69, 9.17) is 9.47 Å². The Balaban J connectivity index is 1.62. The van der Waals surface area contributed by atoms with Gasteiger partial charge in [-0.25, -0.2) is 14.6 Å². The van der Waals surface area contributed by atoms with E-state index in [1.165, 1.54) is 0 Å². The topological polar surface area (TPSA) is 67.0 Å². The third kappa shape index (κ3) is 2.24. The minimum atomic E-state index is -0.0333. The molecule has 1 atom stereocenters. The van der Waals surface area contributed by atoms with E-state index in [2.05, 4.69) is 32.6 Å². The first-order chi connectivity index (χ1) is 12.7. The molecule has 1 aliphatic heterocycles. The average molecular weight is 347 g/mol. The van der Waals surface area contributed by atoms with Crippen LogP contribution in [-0.4, -0.2) is 31.1 Å². The quantitative estimate of drug-likeness (QED) is 0.569. The fraction of sp³-hybridized carbons (Fsp3) is 0.211. The van der Waals surface area contributed by atoms with Crippen molar-refractivity contribution >= 4 is 11.0 Å². The molecule has 5 rings (SSSR count). The maximum atomic E-state index is 5.50. The number of nitrogens with zero attached hydrogens (tertiary/aromatic N) is 5. The van der Waals surface area contributed by atoms with Gasteiger partial charge in [0.25, 0.3) is 0 Å². The van der Waals surface area contributed by atoms with Gasteiger partial charge in [0, 0.05) is 6.07 Å². The molecule has 2 aromatic heterocycles. The summed E-state index contributed by atoms with van der Waals surface area (Å²) < 4.78 is 14.9. The second-order valence-corrected chi connectivity index (χ2v) is 6.28. The fourth-order valence-electron chi connectivity index (χ4n) is 3.32. The fourth-order valence-corrected chi connectivity index (χ4v) is 3.32. The molecular weight excluding hydrogens is 330 g/mol. The smallest absolute Gasteiger partial charge is 0.231 e. The van der Waals surface area contributed by atoms with Crippen LogP contribution >= 0.6 is 0 Å². The van der Waals surface area contributed by atoms with Crippen molar-refractivity contribution in [3.05, 3.63) is 60.4 Å². The SMILES string of the molecule is Cc1nc([C@@H](C)n2cnc3ccccc32)n(-c2ccc3c(c2)OCO3)n1. The van der Waals surface area contributed by atoms with E-state index in [0.29, 0.717) is 5.82 Å². The highest BCUT2D eigenvalue weighted by Crippen LogP contribution is 2.34. The highest BCUT2D eigenvalue weighted by molar-refractivity contribution is 5.75. The van der Waals surface area contributed by atoms with Crippen LogP contribution in [-0.2, 0) is 0 Å². The molecule has 0 fully saturated rings. The number of rotatable bonds is 3. The number of imidazole rings is 1. The number of aromatic nitrogens is 5. The zero-order valence-corrected chi connectivity index (χ0v) is 14.5. The number of benzene rings is 2. The zero-order valence-electron chi connectivity index (χ0n) is 14.5. The molecule has 1 aliphatic rings. The third-order valence-electron chi connectivity index (χ3n) is 4.61. The number of para-hydroxylation sites is 2. The van der Waals surface area contributed by atoms with E-state index in [9.17, 15) is 0 Å². The highest BCUT2D eigenvalue weighted by atomic mass is 16.7. The van der Waals surface area contributed by atoms with Gasteiger partial charge >= 0.3 is 0 Å². The highest BCUT2D eigenvalue weighted by Gasteiger charge is 2.21. The van der Waals surface area contributed by atoms with Crippen molar-refractivity contribution in [3.8, 4) is 17.2 Å². The molecule has 0 saturated carbocycles. The molecule has 2 aromatic carbocycles. The van der Waals surface area contributed by atoms with Crippen LogP contribution in [0.25, 0.3) is 16.7 Å². The summed E-state index contributed by atoms with van der Waals surface area (Å²) in [6.45, 7) is 4.24. The van der Waals surface area contributed by atoms with Crippen molar-refractivity contribution in [2.24, 2.45) is 0 Å². The molecule has 0 saturated heterocycles. The monoisotopic (exact) mass is 347 g/mol. The Morgan fingerprint density at radius 2 is 1.92 bits per heavy atom. The van der Waals surface area contributed by atoms with Crippen LogP contribution in [0.2, 0.25) is 0 Å². The number of fused-ring (bicyclic) bond motifs is 2. The van der Waals surface area contributed by atoms with E-state index in [1.54, 1.807) is 0 Å². The summed E-state index contributed by atoms with van der Waals surface area (Å²) in [6.07, 6.45) is 1.85. The molecule has 0 aliphatic carbocycles. The lowest BCUT2D eigenvalue weighted by atomic mass is 10.2. The summed E-state index contributed by atoms with van der Waals surface area (Å²) in [5.41, 5.74) is 2.92. The molecule has 7 heteroatoms. The van der Waals surface area contributed by atoms with Crippen molar-refractivity contribution in [2.75, 3.05) is 6.79 Å². The van der Waals surface area contributed by atoms with Gasteiger partial charge in [0.2, 0.25) is 6.79 Å². The van der Waals surface area contributed by atoms with Gasteiger partial charge in [-0.1, -0.05) is 12.1 Å². The molecule has 0 unspecified atom stereocenters. The Bertz CT molecular complexity index is 1110. The minimum absolute atomic E-state index is 0.0333. The molecular formula is C19H17N5O2. The first-order valence-corrected chi connectivity index (χ1v) is 8.46. The summed E-state index contributed by atoms with van der Waals surface area (Å²) in [4.78, 5) is 9.17. The summed E-state index contributed by atoms with van der Waals surface area (Å²) >= 11 is 0. The van der Waals surface area contributed by atoms with Crippen molar-refractivity contribution in [3.63, 3.8) is 0 Å². The van der Waals surface area contributed by atoms with Gasteiger partial charge in [-0.2, -0.15) is 5.10 Å². The lowest BCUT2D eigenvalue weighted by Crippen LogP contribution is -2.13. The van der Waals surface area contributed by atoms with E-state index in [1.807, 2.05) is 54.3 Å². The summed E-state index contributed by atoms with van der Waals surface area (Å²) in [6, 6.07) is 13.8. The lowest BCUT2D eigenvalue weighted by Gasteiger charge is -2.15. The van der Waals surface area contributed by atoms with Crippen molar-refractivity contribution in [1.29, 1.82) is 0 Å². The molecule has 0 amide bonds. The van der Waals surface area contributed by atoms with E-state index in [-0.39, 0.29) is 12.8 Å². The molecule has 4 aromatic rings. The van der Waals surface area contributed by atoms with Crippen LogP contribution < -0.4 is 9.47 Å². The van der Waals surface area contributed by atoms with Gasteiger partial charge in [0.1, 0.15) is 5.82 Å². The Morgan fingerprint density at radius 3 is 2.85 bits per heavy atom. The summed E-state index contributed by atoms with van der Waals surface area (Å²) in [5.74, 6) is 3.03. The number of aryl methyl sites for hydroxylation is 1. The standard InChI is InChI=1S/C19H17N5O2/c1-12(23-10-20-15-5-3-4-6-16(15)23)19-21-13(2)22-24(19)14-7-8-17-18(9-14)26-11-25-17/h3-10,12H,11H2,1-2H3/t12-/m1/s1. The number of hydrogen-bond donors (Lipinski definition) is 0. The average Bonchev–Trinajstić information content (AvgIpc) is 3.38. The van der Waals surface area contributed by atoms with E-state index >= 15 is 0 Å². The van der Waals surface area contributed by atoms with Gasteiger partial charge in [-0.15, -0.1) is 0 Å². The van der Waals surface area contributed by atoms with Crippen LogP contribution in [0.1, 0.15) is 24.6 Å². The normalized spacial score (nSPS) is 14.1. The minimum Gasteiger partial charge on any atom is -0.454 e. The molecule has 0 bridgehead atoms. The Morgan fingerprint density at radius 1 is 1.08 bits per heavy atom. The van der Waals surface area contributed by atoms with E-state index in [0.717, 1.165) is 34.0 Å². The summed E-state index contributed by atoms with van der Waals surface area (Å²) in [5, 5.41) is 4.59. The lowest BCUT2D eigenvalue weighted by molar-refractivity contribution is 0.174. The molecule has 3 heterocycles. The molecule has 0 N–H and O–H groups in total. The van der Waals surface area contributed by atoms with E-state index < -0.39 is 0 Å². The van der Waals surface area contributed by atoms with Crippen molar-refractivity contribution in [2.45, 2.75) is 19.9 Å². The van der Waals surface area contributed by atoms with Gasteiger partial charge < -0.3 is 14.0 Å². The van der Waals surface area contributed by atoms with Gasteiger partial charge in [-0.05, 0) is 38.1 Å². The maximum Gasteiger partial charge on any atom is 0.231 e. The first kappa shape index (κ1) is 14.9. The Labute approximate surface area is 149 Å². The second kappa shape index (κ2) is 5.59. The van der Waals surface area contributed by atoms with Gasteiger partial charge in [0.05, 0.1) is 29.1 Å². The van der Waals surface area contributed by atoms with Crippen molar-refractivity contribution < 1.29 is 9.47 Å². The molecule has 130 valence electrons. The predicted octanol–water partition coefficient (Wildman–Crippen LogP) is 3.26. The van der Waals surface area contributed by atoms with Crippen molar-refractivity contribution in [1.82, 2.24) is 24.3 Å². The number of hydrogen-bond acceptors (Lipinski definition) is 5. The van der Waals surface area contributed by atoms with Crippen LogP contribution in [0.15, 0.2) is 48.8 Å². The van der Waals surface area contributed by atoms with Crippen LogP contribution in [0.5, 0.6) is 11.5 Å². The Hall–Kier alpha value is -3.35. The third-order valence-corrected chi connectivity index (χ3v) is 4.61. The maximum absolute atomic E-state index is 5.50. The zero-order chi connectivity index (χ0) is 17.7. The number of ether oxygens (including phenoxy) is 2. The molecule has 26 heavy (non-hydrogen) atoms. The van der Waals surface area contributed by atoms with Crippen LogP contribution in [0.3, 0.4) is 0 Å². The van der Waals surface area contributed by atoms with Crippen LogP contribution in [0.4, 0.5) is 0 Å². The van der Waals surface area contributed by atoms with Gasteiger partial charge in [0.15, 0.2) is 17.3 Å². The van der Waals surface area contributed by atoms with Crippen LogP contribution in [0, 0.1) is 6.92 Å². The molecule has 7 nitrogen and oxygen atoms in total. The summed E-state index contributed by atoms with van der Waals surface area (Å²) in [7, 11) is 0. The van der Waals surface area contributed by atoms with Gasteiger partial charge in [-0.3, -0.25) is 0 Å². The molecule has 0 radical (unpaired) electrons.